The molecule has 2 aromatic rings. The zero-order chi connectivity index (χ0) is 18.2. The number of hydrogen-bond acceptors (Lipinski definition) is 4. The Bertz CT molecular complexity index is 762. The Hall–Kier alpha value is -2.47. The molecule has 0 unspecified atom stereocenters. The zero-order valence-corrected chi connectivity index (χ0v) is 15.2. The van der Waals surface area contributed by atoms with Crippen molar-refractivity contribution in [3.05, 3.63) is 53.6 Å². The molecule has 0 bridgehead atoms. The molecule has 0 aliphatic rings. The van der Waals surface area contributed by atoms with Crippen molar-refractivity contribution in [3.8, 4) is 16.9 Å². The molecule has 132 valence electrons. The number of benzene rings is 2. The summed E-state index contributed by atoms with van der Waals surface area (Å²) in [5.41, 5.74) is 7.83. The van der Waals surface area contributed by atoms with Gasteiger partial charge >= 0.3 is 0 Å². The van der Waals surface area contributed by atoms with Gasteiger partial charge in [-0.15, -0.1) is 0 Å². The first-order valence-electron chi connectivity index (χ1n) is 7.92. The summed E-state index contributed by atoms with van der Waals surface area (Å²) in [5, 5.41) is 2.91. The molecule has 3 N–H and O–H groups in total. The molecule has 2 rings (SSSR count). The van der Waals surface area contributed by atoms with Gasteiger partial charge in [0.2, 0.25) is 5.91 Å². The number of rotatable bonds is 8. The number of amides is 2. The lowest BCUT2D eigenvalue weighted by Gasteiger charge is -2.11. The number of nitrogens with two attached hydrogens (primary N) is 1. The van der Waals surface area contributed by atoms with E-state index < -0.39 is 5.91 Å². The summed E-state index contributed by atoms with van der Waals surface area (Å²) in [5.74, 6) is 0.999. The molecular weight excluding hydrogens is 336 g/mol. The molecule has 0 radical (unpaired) electrons. The Morgan fingerprint density at radius 2 is 1.96 bits per heavy atom. The second-order valence-corrected chi connectivity index (χ2v) is 6.45. The van der Waals surface area contributed by atoms with Crippen molar-refractivity contribution in [2.24, 2.45) is 5.73 Å². The highest BCUT2D eigenvalue weighted by Crippen LogP contribution is 2.31. The van der Waals surface area contributed by atoms with Gasteiger partial charge in [0.1, 0.15) is 5.75 Å². The summed E-state index contributed by atoms with van der Waals surface area (Å²) in [6.07, 6.45) is 2.97. The first kappa shape index (κ1) is 18.9. The quantitative estimate of drug-likeness (QED) is 0.711. The third-order valence-corrected chi connectivity index (χ3v) is 4.43. The molecule has 2 amide bonds. The van der Waals surface area contributed by atoms with Crippen LogP contribution in [-0.2, 0) is 0 Å². The fraction of sp³-hybridized carbons (Fsp3) is 0.263. The predicted octanol–water partition coefficient (Wildman–Crippen LogP) is 2.94. The standard InChI is InChI=1S/C19H22N2O3S/c1-24-17-8-7-14(18(20)22)12-16(17)13-5-3-6-15(11-13)19(23)21-9-4-10-25-2/h3,5-8,11-12H,4,9-10H2,1-2H3,(H2,20,22)(H,21,23). The number of carbonyl (C=O) groups excluding carboxylic acids is 2. The van der Waals surface area contributed by atoms with E-state index in [2.05, 4.69) is 5.32 Å². The summed E-state index contributed by atoms with van der Waals surface area (Å²) in [4.78, 5) is 23.7. The van der Waals surface area contributed by atoms with Crippen LogP contribution in [0.5, 0.6) is 5.75 Å². The van der Waals surface area contributed by atoms with Crippen LogP contribution in [0.25, 0.3) is 11.1 Å². The van der Waals surface area contributed by atoms with E-state index in [1.165, 1.54) is 0 Å². The monoisotopic (exact) mass is 358 g/mol. The van der Waals surface area contributed by atoms with E-state index in [-0.39, 0.29) is 5.91 Å². The first-order valence-corrected chi connectivity index (χ1v) is 9.31. The minimum absolute atomic E-state index is 0.118. The summed E-state index contributed by atoms with van der Waals surface area (Å²) < 4.78 is 5.37. The summed E-state index contributed by atoms with van der Waals surface area (Å²) in [6.45, 7) is 0.643. The molecule has 0 saturated heterocycles. The molecule has 6 heteroatoms. The Kier molecular flexibility index (Phi) is 6.89. The number of thioether (sulfide) groups is 1. The molecule has 25 heavy (non-hydrogen) atoms. The fourth-order valence-electron chi connectivity index (χ4n) is 2.44. The number of hydrogen-bond donors (Lipinski definition) is 2. The Morgan fingerprint density at radius 3 is 2.64 bits per heavy atom. The number of carbonyl (C=O) groups is 2. The van der Waals surface area contributed by atoms with E-state index in [1.54, 1.807) is 49.2 Å². The van der Waals surface area contributed by atoms with Gasteiger partial charge in [0.25, 0.3) is 5.91 Å². The number of methoxy groups -OCH3 is 1. The van der Waals surface area contributed by atoms with Gasteiger partial charge in [-0.05, 0) is 54.3 Å². The summed E-state index contributed by atoms with van der Waals surface area (Å²) in [6, 6.07) is 12.2. The van der Waals surface area contributed by atoms with Gasteiger partial charge in [-0.2, -0.15) is 11.8 Å². The van der Waals surface area contributed by atoms with Gasteiger partial charge < -0.3 is 15.8 Å². The molecule has 0 aliphatic heterocycles. The highest BCUT2D eigenvalue weighted by molar-refractivity contribution is 7.98. The van der Waals surface area contributed by atoms with Crippen LogP contribution >= 0.6 is 11.8 Å². The van der Waals surface area contributed by atoms with Crippen molar-refractivity contribution < 1.29 is 14.3 Å². The van der Waals surface area contributed by atoms with Gasteiger partial charge in [-0.25, -0.2) is 0 Å². The molecule has 0 fully saturated rings. The van der Waals surface area contributed by atoms with Gasteiger partial charge in [0.15, 0.2) is 0 Å². The molecule has 0 heterocycles. The first-order chi connectivity index (χ1) is 12.1. The van der Waals surface area contributed by atoms with E-state index in [0.29, 0.717) is 23.4 Å². The number of ether oxygens (including phenoxy) is 1. The number of primary amides is 1. The minimum atomic E-state index is -0.508. The van der Waals surface area contributed by atoms with Crippen molar-refractivity contribution >= 4 is 23.6 Å². The largest absolute Gasteiger partial charge is 0.496 e. The van der Waals surface area contributed by atoms with Gasteiger partial charge in [-0.3, -0.25) is 9.59 Å². The van der Waals surface area contributed by atoms with E-state index in [1.807, 2.05) is 18.4 Å². The van der Waals surface area contributed by atoms with Crippen molar-refractivity contribution in [3.63, 3.8) is 0 Å². The zero-order valence-electron chi connectivity index (χ0n) is 14.4. The van der Waals surface area contributed by atoms with Crippen molar-refractivity contribution in [2.45, 2.75) is 6.42 Å². The van der Waals surface area contributed by atoms with E-state index in [4.69, 9.17) is 10.5 Å². The van der Waals surface area contributed by atoms with Crippen LogP contribution in [0, 0.1) is 0 Å². The maximum Gasteiger partial charge on any atom is 0.251 e. The Morgan fingerprint density at radius 1 is 1.16 bits per heavy atom. The predicted molar refractivity (Wildman–Crippen MR) is 102 cm³/mol. The minimum Gasteiger partial charge on any atom is -0.496 e. The number of nitrogens with one attached hydrogen (secondary N) is 1. The molecule has 0 atom stereocenters. The van der Waals surface area contributed by atoms with Crippen LogP contribution in [0.1, 0.15) is 27.1 Å². The average Bonchev–Trinajstić information content (AvgIpc) is 2.64. The van der Waals surface area contributed by atoms with Crippen LogP contribution in [0.2, 0.25) is 0 Å². The van der Waals surface area contributed by atoms with Gasteiger partial charge in [-0.1, -0.05) is 12.1 Å². The molecule has 5 nitrogen and oxygen atoms in total. The molecule has 0 spiro atoms. The van der Waals surface area contributed by atoms with Crippen LogP contribution in [0.3, 0.4) is 0 Å². The third kappa shape index (κ3) is 5.00. The highest BCUT2D eigenvalue weighted by atomic mass is 32.2. The topological polar surface area (TPSA) is 81.4 Å². The lowest BCUT2D eigenvalue weighted by atomic mass is 9.99. The summed E-state index contributed by atoms with van der Waals surface area (Å²) >= 11 is 1.75. The molecule has 0 aliphatic carbocycles. The summed E-state index contributed by atoms with van der Waals surface area (Å²) in [7, 11) is 1.56. The van der Waals surface area contributed by atoms with Crippen molar-refractivity contribution in [1.82, 2.24) is 5.32 Å². The van der Waals surface area contributed by atoms with E-state index in [9.17, 15) is 9.59 Å². The van der Waals surface area contributed by atoms with Crippen molar-refractivity contribution in [2.75, 3.05) is 25.7 Å². The molecule has 0 saturated carbocycles. The third-order valence-electron chi connectivity index (χ3n) is 3.73. The van der Waals surface area contributed by atoms with E-state index in [0.717, 1.165) is 23.3 Å². The molecular formula is C19H22N2O3S. The van der Waals surface area contributed by atoms with Gasteiger partial charge in [0.05, 0.1) is 7.11 Å². The van der Waals surface area contributed by atoms with Crippen LogP contribution in [0.4, 0.5) is 0 Å². The molecule has 0 aromatic heterocycles. The average molecular weight is 358 g/mol. The van der Waals surface area contributed by atoms with Crippen LogP contribution in [-0.4, -0.2) is 37.5 Å². The van der Waals surface area contributed by atoms with Crippen LogP contribution in [0.15, 0.2) is 42.5 Å². The van der Waals surface area contributed by atoms with Gasteiger partial charge in [0, 0.05) is 23.2 Å². The Labute approximate surface area is 151 Å². The SMILES string of the molecule is COc1ccc(C(N)=O)cc1-c1cccc(C(=O)NCCCSC)c1. The lowest BCUT2D eigenvalue weighted by molar-refractivity contribution is 0.0952. The normalized spacial score (nSPS) is 10.3. The maximum atomic E-state index is 12.3. The highest BCUT2D eigenvalue weighted by Gasteiger charge is 2.12. The molecule has 2 aromatic carbocycles. The van der Waals surface area contributed by atoms with E-state index >= 15 is 0 Å². The fourth-order valence-corrected chi connectivity index (χ4v) is 2.87. The smallest absolute Gasteiger partial charge is 0.251 e. The lowest BCUT2D eigenvalue weighted by Crippen LogP contribution is -2.24. The maximum absolute atomic E-state index is 12.3. The second kappa shape index (κ2) is 9.13. The Balaban J connectivity index is 2.27. The van der Waals surface area contributed by atoms with Crippen LogP contribution < -0.4 is 15.8 Å². The second-order valence-electron chi connectivity index (χ2n) is 5.46. The van der Waals surface area contributed by atoms with Crippen molar-refractivity contribution in [1.29, 1.82) is 0 Å².